The number of nitrogens with two attached hydrogens (primary N) is 1. The maximum Gasteiger partial charge on any atom is 0.125 e. The molecule has 7 heteroatoms. The van der Waals surface area contributed by atoms with Gasteiger partial charge < -0.3 is 15.0 Å². The highest BCUT2D eigenvalue weighted by Gasteiger charge is 2.26. The van der Waals surface area contributed by atoms with Gasteiger partial charge in [0.25, 0.3) is 0 Å². The highest BCUT2D eigenvalue weighted by atomic mass is 32.2. The van der Waals surface area contributed by atoms with Gasteiger partial charge in [-0.1, -0.05) is 6.08 Å². The van der Waals surface area contributed by atoms with E-state index in [4.69, 9.17) is 5.73 Å². The van der Waals surface area contributed by atoms with Gasteiger partial charge in [0, 0.05) is 79.3 Å². The molecule has 2 aliphatic heterocycles. The quantitative estimate of drug-likeness (QED) is 0.409. The molecule has 3 heterocycles. The fraction of sp³-hybridized carbons (Fsp3) is 0.360. The standard InChI is InChI=1S/C25H30FN5S/c1-17(2)31-16-19-13-21(27)4-6-25(19)30(32-31)12-11-29-9-7-18(8-10-29)23-15-28-24-14-20(26)3-5-22(23)24/h3-7,13-15,17,28H,8-12,16,27H2,1-2H3. The van der Waals surface area contributed by atoms with Crippen molar-refractivity contribution in [1.82, 2.24) is 14.2 Å². The number of nitrogen functional groups attached to an aromatic ring is 1. The minimum Gasteiger partial charge on any atom is -0.399 e. The molecular weight excluding hydrogens is 421 g/mol. The van der Waals surface area contributed by atoms with Crippen LogP contribution in [0.25, 0.3) is 16.5 Å². The summed E-state index contributed by atoms with van der Waals surface area (Å²) in [7, 11) is 0. The van der Waals surface area contributed by atoms with Crippen molar-refractivity contribution in [1.29, 1.82) is 0 Å². The first-order chi connectivity index (χ1) is 15.5. The van der Waals surface area contributed by atoms with Crippen LogP contribution in [0, 0.1) is 5.82 Å². The maximum absolute atomic E-state index is 13.5. The van der Waals surface area contributed by atoms with Gasteiger partial charge in [-0.25, -0.2) is 8.70 Å². The van der Waals surface area contributed by atoms with Crippen molar-refractivity contribution in [3.05, 3.63) is 65.6 Å². The Labute approximate surface area is 193 Å². The summed E-state index contributed by atoms with van der Waals surface area (Å²) in [6.07, 6.45) is 5.34. The van der Waals surface area contributed by atoms with E-state index >= 15 is 0 Å². The monoisotopic (exact) mass is 451 g/mol. The number of hydrogen-bond donors (Lipinski definition) is 2. The predicted octanol–water partition coefficient (Wildman–Crippen LogP) is 5.27. The van der Waals surface area contributed by atoms with Crippen LogP contribution in [0.5, 0.6) is 0 Å². The minimum atomic E-state index is -0.203. The Balaban J connectivity index is 1.26. The molecule has 3 N–H and O–H groups in total. The molecule has 2 aliphatic rings. The van der Waals surface area contributed by atoms with E-state index in [1.807, 2.05) is 30.5 Å². The van der Waals surface area contributed by atoms with Crippen LogP contribution in [-0.4, -0.2) is 46.4 Å². The van der Waals surface area contributed by atoms with Gasteiger partial charge >= 0.3 is 0 Å². The van der Waals surface area contributed by atoms with Crippen molar-refractivity contribution in [2.24, 2.45) is 0 Å². The Kier molecular flexibility index (Phi) is 5.88. The minimum absolute atomic E-state index is 0.203. The molecule has 5 rings (SSSR count). The van der Waals surface area contributed by atoms with Crippen LogP contribution in [0.4, 0.5) is 15.8 Å². The summed E-state index contributed by atoms with van der Waals surface area (Å²) < 4.78 is 18.3. The van der Waals surface area contributed by atoms with E-state index in [1.54, 1.807) is 6.07 Å². The van der Waals surface area contributed by atoms with Crippen molar-refractivity contribution in [2.45, 2.75) is 32.9 Å². The molecule has 0 spiro atoms. The lowest BCUT2D eigenvalue weighted by Crippen LogP contribution is -2.40. The number of anilines is 2. The molecule has 0 saturated heterocycles. The molecule has 0 amide bonds. The number of aromatic nitrogens is 1. The zero-order valence-corrected chi connectivity index (χ0v) is 19.5. The molecule has 168 valence electrons. The van der Waals surface area contributed by atoms with Crippen molar-refractivity contribution in [3.63, 3.8) is 0 Å². The third-order valence-corrected chi connectivity index (χ3v) is 7.72. The normalized spacial score (nSPS) is 17.8. The number of benzene rings is 2. The lowest BCUT2D eigenvalue weighted by Gasteiger charge is -2.39. The summed E-state index contributed by atoms with van der Waals surface area (Å²) in [6.45, 7) is 9.32. The van der Waals surface area contributed by atoms with Gasteiger partial charge in [0.15, 0.2) is 0 Å². The predicted molar refractivity (Wildman–Crippen MR) is 134 cm³/mol. The molecule has 1 aromatic heterocycles. The molecule has 32 heavy (non-hydrogen) atoms. The largest absolute Gasteiger partial charge is 0.399 e. The van der Waals surface area contributed by atoms with Gasteiger partial charge in [0.05, 0.1) is 5.69 Å². The molecule has 0 radical (unpaired) electrons. The fourth-order valence-electron chi connectivity index (χ4n) is 4.54. The van der Waals surface area contributed by atoms with Crippen molar-refractivity contribution < 1.29 is 4.39 Å². The van der Waals surface area contributed by atoms with Gasteiger partial charge in [-0.2, -0.15) is 0 Å². The highest BCUT2D eigenvalue weighted by molar-refractivity contribution is 7.98. The Morgan fingerprint density at radius 3 is 2.81 bits per heavy atom. The molecule has 0 fully saturated rings. The van der Waals surface area contributed by atoms with E-state index in [2.05, 4.69) is 50.6 Å². The lowest BCUT2D eigenvalue weighted by molar-refractivity contribution is 0.310. The van der Waals surface area contributed by atoms with Gasteiger partial charge in [-0.15, -0.1) is 0 Å². The molecule has 0 atom stereocenters. The molecule has 2 aromatic carbocycles. The number of nitrogens with one attached hydrogen (secondary N) is 1. The second-order valence-corrected chi connectivity index (χ2v) is 9.99. The van der Waals surface area contributed by atoms with Crippen LogP contribution in [0.3, 0.4) is 0 Å². The maximum atomic E-state index is 13.5. The summed E-state index contributed by atoms with van der Waals surface area (Å²) >= 11 is 1.83. The summed E-state index contributed by atoms with van der Waals surface area (Å²) in [4.78, 5) is 5.72. The topological polar surface area (TPSA) is 51.5 Å². The Bertz CT molecular complexity index is 1150. The first kappa shape index (κ1) is 21.4. The van der Waals surface area contributed by atoms with Gasteiger partial charge in [0.2, 0.25) is 0 Å². The van der Waals surface area contributed by atoms with Crippen LogP contribution in [0.2, 0.25) is 0 Å². The fourth-order valence-corrected chi connectivity index (χ4v) is 5.60. The van der Waals surface area contributed by atoms with Gasteiger partial charge in [-0.05, 0) is 67.8 Å². The number of halogens is 1. The van der Waals surface area contributed by atoms with Crippen LogP contribution >= 0.6 is 12.1 Å². The van der Waals surface area contributed by atoms with E-state index in [9.17, 15) is 4.39 Å². The number of aromatic amines is 1. The van der Waals surface area contributed by atoms with Crippen LogP contribution < -0.4 is 10.0 Å². The van der Waals surface area contributed by atoms with Crippen LogP contribution in [0.15, 0.2) is 48.7 Å². The van der Waals surface area contributed by atoms with Gasteiger partial charge in [0.1, 0.15) is 5.82 Å². The summed E-state index contributed by atoms with van der Waals surface area (Å²) in [5.74, 6) is -0.203. The van der Waals surface area contributed by atoms with Crippen LogP contribution in [0.1, 0.15) is 31.4 Å². The summed E-state index contributed by atoms with van der Waals surface area (Å²) in [5.41, 5.74) is 12.9. The average molecular weight is 452 g/mol. The second-order valence-electron chi connectivity index (χ2n) is 8.91. The molecule has 5 nitrogen and oxygen atoms in total. The zero-order chi connectivity index (χ0) is 22.2. The van der Waals surface area contributed by atoms with E-state index in [1.165, 1.54) is 28.5 Å². The summed E-state index contributed by atoms with van der Waals surface area (Å²) in [5, 5.41) is 1.10. The van der Waals surface area contributed by atoms with Crippen molar-refractivity contribution >= 4 is 40.0 Å². The number of nitrogens with zero attached hydrogens (tertiary/aromatic N) is 3. The second kappa shape index (κ2) is 8.81. The van der Waals surface area contributed by atoms with E-state index < -0.39 is 0 Å². The average Bonchev–Trinajstić information content (AvgIpc) is 3.20. The highest BCUT2D eigenvalue weighted by Crippen LogP contribution is 2.38. The Hall–Kier alpha value is -2.48. The number of fused-ring (bicyclic) bond motifs is 2. The molecule has 0 saturated carbocycles. The number of H-pyrrole nitrogens is 1. The molecule has 0 unspecified atom stereocenters. The van der Waals surface area contributed by atoms with E-state index in [-0.39, 0.29) is 5.82 Å². The molecule has 3 aromatic rings. The number of rotatable bonds is 5. The first-order valence-corrected chi connectivity index (χ1v) is 12.0. The lowest BCUT2D eigenvalue weighted by atomic mass is 9.99. The molecular formula is C25H30FN5S. The van der Waals surface area contributed by atoms with Crippen molar-refractivity contribution in [2.75, 3.05) is 36.2 Å². The molecule has 0 aliphatic carbocycles. The van der Waals surface area contributed by atoms with E-state index in [0.717, 1.165) is 55.7 Å². The summed E-state index contributed by atoms with van der Waals surface area (Å²) in [6, 6.07) is 11.7. The first-order valence-electron chi connectivity index (χ1n) is 11.3. The third kappa shape index (κ3) is 4.25. The SMILES string of the molecule is CC(C)N1Cc2cc(N)ccc2N(CCN2CC=C(c3c[nH]c4cc(F)ccc34)CC2)S1. The Morgan fingerprint density at radius 1 is 1.16 bits per heavy atom. The molecule has 0 bridgehead atoms. The van der Waals surface area contributed by atoms with Gasteiger partial charge in [-0.3, -0.25) is 4.90 Å². The smallest absolute Gasteiger partial charge is 0.125 e. The Morgan fingerprint density at radius 2 is 2.03 bits per heavy atom. The zero-order valence-electron chi connectivity index (χ0n) is 18.6. The van der Waals surface area contributed by atoms with Crippen LogP contribution in [-0.2, 0) is 6.54 Å². The third-order valence-electron chi connectivity index (χ3n) is 6.38. The van der Waals surface area contributed by atoms with E-state index in [0.29, 0.717) is 6.04 Å². The van der Waals surface area contributed by atoms with Crippen molar-refractivity contribution in [3.8, 4) is 0 Å². The number of hydrogen-bond acceptors (Lipinski definition) is 5.